The molecule has 0 N–H and O–H groups in total. The number of hydrogen-bond donors (Lipinski definition) is 0. The van der Waals surface area contributed by atoms with Gasteiger partial charge in [0.15, 0.2) is 6.10 Å². The van der Waals surface area contributed by atoms with Crippen LogP contribution in [0.3, 0.4) is 0 Å². The van der Waals surface area contributed by atoms with Gasteiger partial charge in [0.05, 0.1) is 6.61 Å². The second-order valence-corrected chi connectivity index (χ2v) is 14.2. The first-order valence-electron chi connectivity index (χ1n) is 22.4. The van der Waals surface area contributed by atoms with Gasteiger partial charge in [-0.2, -0.15) is 0 Å². The SMILES string of the molecule is CC/C=C\C/C=C\C/C=C\C/C=C\C/C=C\CCCCCCOCC(COC(=O)CCCC/C=C\C/C=C\C/C=C\C/C=C\CC)OC(=O)CCCCCCC. The molecule has 0 fully saturated rings. The number of carbonyl (C=O) groups excluding carboxylic acids is 2. The van der Waals surface area contributed by atoms with Crippen LogP contribution >= 0.6 is 0 Å². The molecule has 0 saturated heterocycles. The fraction of sp³-hybridized carbons (Fsp3) is 0.608. The first-order chi connectivity index (χ1) is 27.6. The predicted molar refractivity (Wildman–Crippen MR) is 242 cm³/mol. The molecule has 316 valence electrons. The monoisotopic (exact) mass is 775 g/mol. The first-order valence-corrected chi connectivity index (χ1v) is 22.4. The minimum atomic E-state index is -0.568. The smallest absolute Gasteiger partial charge is 0.306 e. The average Bonchev–Trinajstić information content (AvgIpc) is 3.20. The largest absolute Gasteiger partial charge is 0.462 e. The summed E-state index contributed by atoms with van der Waals surface area (Å²) in [6.45, 7) is 7.39. The van der Waals surface area contributed by atoms with Crippen molar-refractivity contribution in [3.63, 3.8) is 0 Å². The van der Waals surface area contributed by atoms with E-state index in [0.717, 1.165) is 122 Å². The van der Waals surface area contributed by atoms with Crippen LogP contribution in [0.25, 0.3) is 0 Å². The van der Waals surface area contributed by atoms with Gasteiger partial charge in [0.2, 0.25) is 0 Å². The van der Waals surface area contributed by atoms with Gasteiger partial charge >= 0.3 is 11.9 Å². The van der Waals surface area contributed by atoms with Crippen molar-refractivity contribution in [3.05, 3.63) is 109 Å². The van der Waals surface area contributed by atoms with E-state index < -0.39 is 6.10 Å². The summed E-state index contributed by atoms with van der Waals surface area (Å²) in [6.07, 6.45) is 62.6. The van der Waals surface area contributed by atoms with E-state index in [1.807, 2.05) is 0 Å². The molecule has 0 aromatic rings. The Bertz CT molecular complexity index is 1150. The minimum Gasteiger partial charge on any atom is -0.462 e. The van der Waals surface area contributed by atoms with Crippen LogP contribution in [0.5, 0.6) is 0 Å². The Morgan fingerprint density at radius 3 is 1.30 bits per heavy atom. The van der Waals surface area contributed by atoms with Crippen molar-refractivity contribution >= 4 is 11.9 Å². The average molecular weight is 775 g/mol. The summed E-state index contributed by atoms with van der Waals surface area (Å²) in [4.78, 5) is 25.0. The van der Waals surface area contributed by atoms with E-state index in [-0.39, 0.29) is 25.2 Å². The van der Waals surface area contributed by atoms with Crippen molar-refractivity contribution in [2.45, 2.75) is 181 Å². The molecule has 0 rings (SSSR count). The van der Waals surface area contributed by atoms with Gasteiger partial charge in [-0.05, 0) is 103 Å². The van der Waals surface area contributed by atoms with E-state index >= 15 is 0 Å². The summed E-state index contributed by atoms with van der Waals surface area (Å²) in [6, 6.07) is 0. The Balaban J connectivity index is 4.21. The molecule has 5 heteroatoms. The summed E-state index contributed by atoms with van der Waals surface area (Å²) in [5, 5.41) is 0. The number of carbonyl (C=O) groups is 2. The molecule has 56 heavy (non-hydrogen) atoms. The molecular formula is C51H82O5. The molecular weight excluding hydrogens is 693 g/mol. The molecule has 1 unspecified atom stereocenters. The van der Waals surface area contributed by atoms with Gasteiger partial charge in [0.25, 0.3) is 0 Å². The maximum absolute atomic E-state index is 12.5. The quantitative estimate of drug-likeness (QED) is 0.0354. The third-order valence-electron chi connectivity index (χ3n) is 8.80. The zero-order valence-corrected chi connectivity index (χ0v) is 36.1. The number of hydrogen-bond acceptors (Lipinski definition) is 5. The summed E-state index contributed by atoms with van der Waals surface area (Å²) >= 11 is 0. The van der Waals surface area contributed by atoms with E-state index in [0.29, 0.717) is 19.4 Å². The van der Waals surface area contributed by atoms with E-state index in [9.17, 15) is 9.59 Å². The first kappa shape index (κ1) is 52.6. The predicted octanol–water partition coefficient (Wildman–Crippen LogP) is 14.9. The molecule has 0 aromatic carbocycles. The summed E-state index contributed by atoms with van der Waals surface area (Å²) < 4.78 is 17.1. The summed E-state index contributed by atoms with van der Waals surface area (Å²) in [5.41, 5.74) is 0. The third kappa shape index (κ3) is 43.3. The Morgan fingerprint density at radius 1 is 0.411 bits per heavy atom. The van der Waals surface area contributed by atoms with Gasteiger partial charge in [-0.3, -0.25) is 9.59 Å². The Morgan fingerprint density at radius 2 is 0.804 bits per heavy atom. The lowest BCUT2D eigenvalue weighted by molar-refractivity contribution is -0.163. The van der Waals surface area contributed by atoms with Gasteiger partial charge in [-0.25, -0.2) is 0 Å². The van der Waals surface area contributed by atoms with Gasteiger partial charge in [0, 0.05) is 19.4 Å². The van der Waals surface area contributed by atoms with Crippen LogP contribution in [0.1, 0.15) is 175 Å². The van der Waals surface area contributed by atoms with Crippen LogP contribution in [-0.4, -0.2) is 37.9 Å². The molecule has 0 aliphatic rings. The normalized spacial score (nSPS) is 13.3. The Hall–Kier alpha value is -3.44. The standard InChI is InChI=1S/C51H82O5/c1-4-7-10-13-15-17-19-21-23-24-25-26-27-29-31-33-35-37-40-43-46-54-47-49(56-51(53)45-42-38-12-9-6-3)48-55-50(52)44-41-39-36-34-32-30-28-22-20-18-16-14-11-8-5-2/h7-8,10-11,15-18,21-23,25-26,28-29,31-32,34,49H,4-6,9,12-14,19-20,24,27,30,33,35-48H2,1-3H3/b10-7-,11-8-,17-15-,18-16-,23-21-,26-25-,28-22-,31-29-,34-32-. The van der Waals surface area contributed by atoms with Crippen molar-refractivity contribution in [3.8, 4) is 0 Å². The molecule has 5 nitrogen and oxygen atoms in total. The number of esters is 2. The van der Waals surface area contributed by atoms with Gasteiger partial charge < -0.3 is 14.2 Å². The zero-order valence-electron chi connectivity index (χ0n) is 36.1. The summed E-state index contributed by atoms with van der Waals surface area (Å²) in [5.74, 6) is -0.484. The molecule has 0 radical (unpaired) electrons. The van der Waals surface area contributed by atoms with Gasteiger partial charge in [-0.15, -0.1) is 0 Å². The molecule has 0 amide bonds. The lowest BCUT2D eigenvalue weighted by Crippen LogP contribution is -2.30. The van der Waals surface area contributed by atoms with Crippen molar-refractivity contribution < 1.29 is 23.8 Å². The van der Waals surface area contributed by atoms with E-state index in [1.54, 1.807) is 0 Å². The van der Waals surface area contributed by atoms with Gasteiger partial charge in [0.1, 0.15) is 6.61 Å². The second kappa shape index (κ2) is 45.9. The lowest BCUT2D eigenvalue weighted by atomic mass is 10.1. The maximum Gasteiger partial charge on any atom is 0.306 e. The fourth-order valence-corrected chi connectivity index (χ4v) is 5.52. The number of ether oxygens (including phenoxy) is 3. The van der Waals surface area contributed by atoms with Crippen molar-refractivity contribution in [2.24, 2.45) is 0 Å². The number of rotatable bonds is 39. The molecule has 0 heterocycles. The maximum atomic E-state index is 12.5. The molecule has 0 aliphatic heterocycles. The molecule has 0 bridgehead atoms. The number of allylic oxidation sites excluding steroid dienone is 18. The van der Waals surface area contributed by atoms with Crippen LogP contribution in [-0.2, 0) is 23.8 Å². The molecule has 0 aliphatic carbocycles. The topological polar surface area (TPSA) is 61.8 Å². The van der Waals surface area contributed by atoms with Crippen LogP contribution in [0.15, 0.2) is 109 Å². The van der Waals surface area contributed by atoms with E-state index in [4.69, 9.17) is 14.2 Å². The Labute approximate surface area is 344 Å². The van der Waals surface area contributed by atoms with Crippen molar-refractivity contribution in [2.75, 3.05) is 19.8 Å². The Kier molecular flexibility index (Phi) is 43.1. The van der Waals surface area contributed by atoms with Crippen molar-refractivity contribution in [1.29, 1.82) is 0 Å². The summed E-state index contributed by atoms with van der Waals surface area (Å²) in [7, 11) is 0. The van der Waals surface area contributed by atoms with Crippen molar-refractivity contribution in [1.82, 2.24) is 0 Å². The molecule has 0 saturated carbocycles. The van der Waals surface area contributed by atoms with Crippen LogP contribution in [0.4, 0.5) is 0 Å². The third-order valence-corrected chi connectivity index (χ3v) is 8.80. The second-order valence-electron chi connectivity index (χ2n) is 14.2. The highest BCUT2D eigenvalue weighted by molar-refractivity contribution is 5.70. The zero-order chi connectivity index (χ0) is 40.7. The van der Waals surface area contributed by atoms with Crippen LogP contribution in [0, 0.1) is 0 Å². The molecule has 0 spiro atoms. The minimum absolute atomic E-state index is 0.0462. The van der Waals surface area contributed by atoms with Gasteiger partial charge in [-0.1, -0.05) is 169 Å². The molecule has 1 atom stereocenters. The highest BCUT2D eigenvalue weighted by Gasteiger charge is 2.17. The molecule has 0 aromatic heterocycles. The van der Waals surface area contributed by atoms with E-state index in [1.165, 1.54) is 19.3 Å². The van der Waals surface area contributed by atoms with Crippen LogP contribution < -0.4 is 0 Å². The van der Waals surface area contributed by atoms with E-state index in [2.05, 4.69) is 130 Å². The highest BCUT2D eigenvalue weighted by Crippen LogP contribution is 2.10. The van der Waals surface area contributed by atoms with Crippen LogP contribution in [0.2, 0.25) is 0 Å². The lowest BCUT2D eigenvalue weighted by Gasteiger charge is -2.18. The fourth-order valence-electron chi connectivity index (χ4n) is 5.52. The highest BCUT2D eigenvalue weighted by atomic mass is 16.6. The number of unbranched alkanes of at least 4 members (excludes halogenated alkanes) is 10.